The van der Waals surface area contributed by atoms with Crippen LogP contribution in [0.5, 0.6) is 0 Å². The maximum absolute atomic E-state index is 13.5. The van der Waals surface area contributed by atoms with Crippen molar-refractivity contribution in [3.63, 3.8) is 0 Å². The molecular formula is C25H21FN2O4. The van der Waals surface area contributed by atoms with E-state index in [0.29, 0.717) is 27.9 Å². The first kappa shape index (κ1) is 21.2. The number of carbonyl (C=O) groups excluding carboxylic acids is 2. The fraction of sp³-hybridized carbons (Fsp3) is 0.160. The van der Waals surface area contributed by atoms with Gasteiger partial charge in [0.25, 0.3) is 5.91 Å². The third-order valence-electron chi connectivity index (χ3n) is 5.54. The molecular weight excluding hydrogens is 411 g/mol. The van der Waals surface area contributed by atoms with Crippen molar-refractivity contribution in [2.75, 3.05) is 5.32 Å². The maximum atomic E-state index is 13.5. The number of carboxylic acid groups (broad SMARTS) is 1. The van der Waals surface area contributed by atoms with Gasteiger partial charge in [-0.1, -0.05) is 42.5 Å². The highest BCUT2D eigenvalue weighted by Gasteiger charge is 2.44. The molecule has 3 aromatic carbocycles. The van der Waals surface area contributed by atoms with Gasteiger partial charge in [-0.15, -0.1) is 0 Å². The lowest BCUT2D eigenvalue weighted by Crippen LogP contribution is -2.44. The first-order valence-electron chi connectivity index (χ1n) is 10.1. The summed E-state index contributed by atoms with van der Waals surface area (Å²) in [6.45, 7) is 1.52. The molecule has 2 atom stereocenters. The van der Waals surface area contributed by atoms with Crippen molar-refractivity contribution >= 4 is 23.5 Å². The summed E-state index contributed by atoms with van der Waals surface area (Å²) in [6.07, 6.45) is 0. The van der Waals surface area contributed by atoms with E-state index in [4.69, 9.17) is 0 Å². The summed E-state index contributed by atoms with van der Waals surface area (Å²) >= 11 is 0. The monoisotopic (exact) mass is 432 g/mol. The molecule has 0 aromatic heterocycles. The number of carboxylic acids is 1. The number of fused-ring (bicyclic) bond motifs is 1. The zero-order valence-corrected chi connectivity index (χ0v) is 17.3. The van der Waals surface area contributed by atoms with Crippen LogP contribution in [0.3, 0.4) is 0 Å². The zero-order valence-electron chi connectivity index (χ0n) is 17.3. The molecule has 4 rings (SSSR count). The van der Waals surface area contributed by atoms with Crippen LogP contribution < -0.4 is 5.32 Å². The zero-order chi connectivity index (χ0) is 22.8. The van der Waals surface area contributed by atoms with Crippen LogP contribution in [0.1, 0.15) is 45.9 Å². The summed E-state index contributed by atoms with van der Waals surface area (Å²) in [5.41, 5.74) is 2.67. The van der Waals surface area contributed by atoms with Gasteiger partial charge in [-0.05, 0) is 47.0 Å². The van der Waals surface area contributed by atoms with Gasteiger partial charge in [-0.25, -0.2) is 4.39 Å². The third-order valence-corrected chi connectivity index (χ3v) is 5.54. The van der Waals surface area contributed by atoms with Crippen molar-refractivity contribution in [3.05, 3.63) is 101 Å². The SMILES string of the molecule is CC(=O)Nc1ccc([C@H]2[C@@H](C(=O)O)c3ccccc3C(=O)N2Cc2ccc(F)cc2)cc1. The molecule has 0 saturated carbocycles. The Labute approximate surface area is 184 Å². The van der Waals surface area contributed by atoms with E-state index in [-0.39, 0.29) is 18.4 Å². The quantitative estimate of drug-likeness (QED) is 0.628. The van der Waals surface area contributed by atoms with Gasteiger partial charge in [-0.3, -0.25) is 14.4 Å². The molecule has 0 aliphatic carbocycles. The average molecular weight is 432 g/mol. The van der Waals surface area contributed by atoms with Crippen molar-refractivity contribution in [1.82, 2.24) is 4.90 Å². The fourth-order valence-corrected chi connectivity index (χ4v) is 4.16. The second-order valence-corrected chi connectivity index (χ2v) is 7.71. The maximum Gasteiger partial charge on any atom is 0.313 e. The number of hydrogen-bond acceptors (Lipinski definition) is 3. The van der Waals surface area contributed by atoms with Crippen molar-refractivity contribution in [2.24, 2.45) is 0 Å². The van der Waals surface area contributed by atoms with Crippen LogP contribution in [0.25, 0.3) is 0 Å². The van der Waals surface area contributed by atoms with Gasteiger partial charge in [0.15, 0.2) is 0 Å². The van der Waals surface area contributed by atoms with Crippen LogP contribution in [0.4, 0.5) is 10.1 Å². The van der Waals surface area contributed by atoms with Crippen LogP contribution in [0.2, 0.25) is 0 Å². The fourth-order valence-electron chi connectivity index (χ4n) is 4.16. The molecule has 1 heterocycles. The molecule has 7 heteroatoms. The Kier molecular flexibility index (Phi) is 5.73. The topological polar surface area (TPSA) is 86.7 Å². The normalized spacial score (nSPS) is 17.6. The number of benzene rings is 3. The number of amides is 2. The number of aliphatic carboxylic acids is 1. The van der Waals surface area contributed by atoms with Gasteiger partial charge in [0, 0.05) is 24.7 Å². The van der Waals surface area contributed by atoms with Crippen LogP contribution >= 0.6 is 0 Å². The molecule has 0 fully saturated rings. The van der Waals surface area contributed by atoms with Gasteiger partial charge in [0.1, 0.15) is 11.7 Å². The molecule has 0 radical (unpaired) electrons. The van der Waals surface area contributed by atoms with Crippen LogP contribution in [0, 0.1) is 5.82 Å². The van der Waals surface area contributed by atoms with E-state index >= 15 is 0 Å². The summed E-state index contributed by atoms with van der Waals surface area (Å²) in [5, 5.41) is 12.8. The molecule has 2 amide bonds. The lowest BCUT2D eigenvalue weighted by Gasteiger charge is -2.41. The van der Waals surface area contributed by atoms with Crippen molar-refractivity contribution in [2.45, 2.75) is 25.4 Å². The van der Waals surface area contributed by atoms with Crippen molar-refractivity contribution < 1.29 is 23.9 Å². The predicted molar refractivity (Wildman–Crippen MR) is 117 cm³/mol. The summed E-state index contributed by atoms with van der Waals surface area (Å²) in [6, 6.07) is 18.5. The van der Waals surface area contributed by atoms with Gasteiger partial charge in [0.2, 0.25) is 5.91 Å². The highest BCUT2D eigenvalue weighted by atomic mass is 19.1. The van der Waals surface area contributed by atoms with E-state index in [1.54, 1.807) is 60.7 Å². The summed E-state index contributed by atoms with van der Waals surface area (Å²) in [5.74, 6) is -2.95. The Hall–Kier alpha value is -4.00. The van der Waals surface area contributed by atoms with E-state index in [1.165, 1.54) is 24.0 Å². The number of halogens is 1. The standard InChI is InChI=1S/C25H21FN2O4/c1-15(29)27-19-12-8-17(9-13-19)23-22(25(31)32)20-4-2-3-5-21(20)24(30)28(23)14-16-6-10-18(26)11-7-16/h2-13,22-23H,14H2,1H3,(H,27,29)(H,31,32)/t22-,23-/m0/s1. The lowest BCUT2D eigenvalue weighted by molar-refractivity contribution is -0.140. The third kappa shape index (κ3) is 4.09. The minimum Gasteiger partial charge on any atom is -0.481 e. The number of rotatable bonds is 5. The predicted octanol–water partition coefficient (Wildman–Crippen LogP) is 4.35. The Bertz CT molecular complexity index is 1180. The first-order chi connectivity index (χ1) is 15.3. The van der Waals surface area contributed by atoms with E-state index < -0.39 is 23.7 Å². The van der Waals surface area contributed by atoms with Crippen molar-refractivity contribution in [3.8, 4) is 0 Å². The van der Waals surface area contributed by atoms with Crippen LogP contribution in [-0.2, 0) is 16.1 Å². The first-order valence-corrected chi connectivity index (χ1v) is 10.1. The van der Waals surface area contributed by atoms with Crippen molar-refractivity contribution in [1.29, 1.82) is 0 Å². The van der Waals surface area contributed by atoms with Gasteiger partial charge < -0.3 is 15.3 Å². The summed E-state index contributed by atoms with van der Waals surface area (Å²) in [4.78, 5) is 38.7. The van der Waals surface area contributed by atoms with E-state index in [1.807, 2.05) is 0 Å². The van der Waals surface area contributed by atoms with Gasteiger partial charge in [-0.2, -0.15) is 0 Å². The number of anilines is 1. The molecule has 1 aliphatic heterocycles. The average Bonchev–Trinajstić information content (AvgIpc) is 2.77. The number of hydrogen-bond donors (Lipinski definition) is 2. The molecule has 0 spiro atoms. The van der Waals surface area contributed by atoms with E-state index in [2.05, 4.69) is 5.32 Å². The Morgan fingerprint density at radius 2 is 1.66 bits per heavy atom. The van der Waals surface area contributed by atoms with Crippen LogP contribution in [-0.4, -0.2) is 27.8 Å². The molecule has 1 aliphatic rings. The highest BCUT2D eigenvalue weighted by molar-refractivity contribution is 6.00. The molecule has 32 heavy (non-hydrogen) atoms. The van der Waals surface area contributed by atoms with Gasteiger partial charge in [0.05, 0.1) is 6.04 Å². The molecule has 0 bridgehead atoms. The molecule has 6 nitrogen and oxygen atoms in total. The van der Waals surface area contributed by atoms with Gasteiger partial charge >= 0.3 is 5.97 Å². The highest BCUT2D eigenvalue weighted by Crippen LogP contribution is 2.43. The lowest BCUT2D eigenvalue weighted by atomic mass is 9.79. The molecule has 2 N–H and O–H groups in total. The Morgan fingerprint density at radius 3 is 2.28 bits per heavy atom. The number of nitrogens with one attached hydrogen (secondary N) is 1. The molecule has 3 aromatic rings. The smallest absolute Gasteiger partial charge is 0.313 e. The second-order valence-electron chi connectivity index (χ2n) is 7.71. The Balaban J connectivity index is 1.82. The largest absolute Gasteiger partial charge is 0.481 e. The summed E-state index contributed by atoms with van der Waals surface area (Å²) < 4.78 is 13.4. The molecule has 162 valence electrons. The Morgan fingerprint density at radius 1 is 1.00 bits per heavy atom. The number of nitrogens with zero attached hydrogens (tertiary/aromatic N) is 1. The van der Waals surface area contributed by atoms with E-state index in [0.717, 1.165) is 0 Å². The number of carbonyl (C=O) groups is 3. The van der Waals surface area contributed by atoms with E-state index in [9.17, 15) is 23.9 Å². The minimum atomic E-state index is -1.05. The minimum absolute atomic E-state index is 0.120. The summed E-state index contributed by atoms with van der Waals surface area (Å²) in [7, 11) is 0. The van der Waals surface area contributed by atoms with Crippen LogP contribution in [0.15, 0.2) is 72.8 Å². The second kappa shape index (κ2) is 8.63. The molecule has 0 saturated heterocycles. The molecule has 0 unspecified atom stereocenters.